The van der Waals surface area contributed by atoms with Gasteiger partial charge in [0.25, 0.3) is 0 Å². The molecule has 1 atom stereocenters. The van der Waals surface area contributed by atoms with E-state index in [0.29, 0.717) is 18.8 Å². The molecule has 2 heterocycles. The van der Waals surface area contributed by atoms with E-state index in [1.165, 1.54) is 0 Å². The fraction of sp³-hybridized carbons (Fsp3) is 0.714. The molecule has 1 aromatic rings. The average Bonchev–Trinajstić information content (AvgIpc) is 2.80. The Bertz CT molecular complexity index is 569. The van der Waals surface area contributed by atoms with Gasteiger partial charge in [-0.2, -0.15) is 11.8 Å². The summed E-state index contributed by atoms with van der Waals surface area (Å²) in [6, 6.07) is 2.03. The van der Waals surface area contributed by atoms with Crippen LogP contribution in [0.15, 0.2) is 10.5 Å². The van der Waals surface area contributed by atoms with Gasteiger partial charge in [0.15, 0.2) is 9.84 Å². The van der Waals surface area contributed by atoms with Crippen LogP contribution in [0.1, 0.15) is 24.0 Å². The first-order valence-corrected chi connectivity index (χ1v) is 10.1. The van der Waals surface area contributed by atoms with Gasteiger partial charge in [-0.15, -0.1) is 0 Å². The largest absolute Gasteiger partial charge is 0.465 e. The molecular weight excluding hydrogens is 308 g/mol. The summed E-state index contributed by atoms with van der Waals surface area (Å²) in [4.78, 5) is 2.08. The van der Waals surface area contributed by atoms with Crippen molar-refractivity contribution < 1.29 is 12.8 Å². The molecule has 0 saturated carbocycles. The number of aryl methyl sites for hydroxylation is 1. The van der Waals surface area contributed by atoms with Crippen LogP contribution in [0, 0.1) is 6.92 Å². The molecule has 2 rings (SSSR count). The summed E-state index contributed by atoms with van der Waals surface area (Å²) in [6.45, 7) is 5.80. The van der Waals surface area contributed by atoms with Gasteiger partial charge in [0.2, 0.25) is 0 Å². The van der Waals surface area contributed by atoms with E-state index < -0.39 is 9.84 Å². The van der Waals surface area contributed by atoms with Crippen molar-refractivity contribution in [3.8, 4) is 0 Å². The number of thioether (sulfide) groups is 1. The van der Waals surface area contributed by atoms with Crippen molar-refractivity contribution in [1.82, 2.24) is 10.2 Å². The fourth-order valence-corrected chi connectivity index (χ4v) is 5.62. The van der Waals surface area contributed by atoms with Crippen LogP contribution in [0.4, 0.5) is 0 Å². The maximum atomic E-state index is 12.3. The van der Waals surface area contributed by atoms with Crippen molar-refractivity contribution in [1.29, 1.82) is 0 Å². The molecule has 7 heteroatoms. The lowest BCUT2D eigenvalue weighted by atomic mass is 10.2. The van der Waals surface area contributed by atoms with Crippen LogP contribution in [0.3, 0.4) is 0 Å². The van der Waals surface area contributed by atoms with Gasteiger partial charge in [-0.25, -0.2) is 8.42 Å². The number of nitrogens with one attached hydrogen (secondary N) is 1. The highest BCUT2D eigenvalue weighted by Gasteiger charge is 2.33. The zero-order valence-electron chi connectivity index (χ0n) is 12.9. The summed E-state index contributed by atoms with van der Waals surface area (Å²) in [5.74, 6) is 3.62. The Balaban J connectivity index is 2.16. The Kier molecular flexibility index (Phi) is 5.76. The summed E-state index contributed by atoms with van der Waals surface area (Å²) in [6.07, 6.45) is 0. The molecule has 0 radical (unpaired) electrons. The van der Waals surface area contributed by atoms with Gasteiger partial charge in [0.1, 0.15) is 16.9 Å². The normalized spacial score (nSPS) is 20.8. The van der Waals surface area contributed by atoms with Crippen molar-refractivity contribution in [3.63, 3.8) is 0 Å². The number of hydrogen-bond donors (Lipinski definition) is 1. The molecule has 0 amide bonds. The summed E-state index contributed by atoms with van der Waals surface area (Å²) >= 11 is 1.72. The average molecular weight is 332 g/mol. The van der Waals surface area contributed by atoms with E-state index in [0.717, 1.165) is 29.4 Å². The molecule has 1 aliphatic heterocycles. The van der Waals surface area contributed by atoms with Crippen molar-refractivity contribution in [2.75, 3.05) is 30.9 Å². The smallest absolute Gasteiger partial charge is 0.166 e. The maximum Gasteiger partial charge on any atom is 0.166 e. The van der Waals surface area contributed by atoms with Gasteiger partial charge in [0, 0.05) is 35.9 Å². The van der Waals surface area contributed by atoms with E-state index in [2.05, 4.69) is 10.2 Å². The Morgan fingerprint density at radius 1 is 1.52 bits per heavy atom. The van der Waals surface area contributed by atoms with Gasteiger partial charge in [0.05, 0.1) is 6.54 Å². The molecule has 0 aliphatic carbocycles. The molecule has 1 fully saturated rings. The second-order valence-corrected chi connectivity index (χ2v) is 8.87. The summed E-state index contributed by atoms with van der Waals surface area (Å²) in [7, 11) is -1.17. The molecule has 21 heavy (non-hydrogen) atoms. The zero-order valence-corrected chi connectivity index (χ0v) is 14.5. The van der Waals surface area contributed by atoms with E-state index in [9.17, 15) is 8.42 Å². The number of rotatable bonds is 6. The van der Waals surface area contributed by atoms with Crippen molar-refractivity contribution >= 4 is 21.6 Å². The Morgan fingerprint density at radius 3 is 2.95 bits per heavy atom. The predicted molar refractivity (Wildman–Crippen MR) is 87.2 cm³/mol. The third kappa shape index (κ3) is 4.03. The zero-order chi connectivity index (χ0) is 15.5. The highest BCUT2D eigenvalue weighted by molar-refractivity contribution is 8.01. The standard InChI is InChI=1S/C14H24N2O3S2/c1-4-21(17,18)14-10-20-6-5-16(14)9-12-7-13(8-15-3)19-11(12)2/h7,14-15H,4-6,8-10H2,1-3H3. The van der Waals surface area contributed by atoms with Crippen LogP contribution >= 0.6 is 11.8 Å². The summed E-state index contributed by atoms with van der Waals surface area (Å²) in [5.41, 5.74) is 1.09. The van der Waals surface area contributed by atoms with Gasteiger partial charge in [-0.05, 0) is 20.0 Å². The highest BCUT2D eigenvalue weighted by atomic mass is 32.2. The van der Waals surface area contributed by atoms with Crippen LogP contribution in [0.5, 0.6) is 0 Å². The topological polar surface area (TPSA) is 62.6 Å². The molecule has 5 nitrogen and oxygen atoms in total. The molecule has 0 spiro atoms. The van der Waals surface area contributed by atoms with Crippen molar-refractivity contribution in [3.05, 3.63) is 23.2 Å². The van der Waals surface area contributed by atoms with Crippen LogP contribution in [0.25, 0.3) is 0 Å². The Morgan fingerprint density at radius 2 is 2.29 bits per heavy atom. The third-order valence-corrected chi connectivity index (χ3v) is 7.14. The van der Waals surface area contributed by atoms with Crippen molar-refractivity contribution in [2.45, 2.75) is 32.3 Å². The first kappa shape index (κ1) is 16.9. The van der Waals surface area contributed by atoms with Gasteiger partial charge in [-0.1, -0.05) is 6.92 Å². The molecule has 1 aliphatic rings. The van der Waals surface area contributed by atoms with Crippen LogP contribution in [-0.4, -0.2) is 49.5 Å². The second kappa shape index (κ2) is 7.17. The number of nitrogens with zero attached hydrogens (tertiary/aromatic N) is 1. The number of sulfone groups is 1. The molecule has 1 unspecified atom stereocenters. The third-order valence-electron chi connectivity index (χ3n) is 3.80. The molecule has 0 bridgehead atoms. The molecule has 1 aromatic heterocycles. The van der Waals surface area contributed by atoms with Crippen molar-refractivity contribution in [2.24, 2.45) is 0 Å². The van der Waals surface area contributed by atoms with E-state index >= 15 is 0 Å². The Labute approximate surface area is 131 Å². The first-order valence-electron chi connectivity index (χ1n) is 7.24. The lowest BCUT2D eigenvalue weighted by molar-refractivity contribution is 0.260. The minimum Gasteiger partial charge on any atom is -0.465 e. The fourth-order valence-electron chi connectivity index (χ4n) is 2.54. The first-order chi connectivity index (χ1) is 9.97. The van der Waals surface area contributed by atoms with Gasteiger partial charge in [-0.3, -0.25) is 4.90 Å². The maximum absolute atomic E-state index is 12.3. The monoisotopic (exact) mass is 332 g/mol. The van der Waals surface area contributed by atoms with E-state index in [-0.39, 0.29) is 11.1 Å². The van der Waals surface area contributed by atoms with Crippen LogP contribution in [0.2, 0.25) is 0 Å². The minimum absolute atomic E-state index is 0.199. The summed E-state index contributed by atoms with van der Waals surface area (Å²) < 4.78 is 30.2. The molecular formula is C14H24N2O3S2. The molecule has 0 aromatic carbocycles. The number of furan rings is 1. The SMILES string of the molecule is CCS(=O)(=O)C1CSCCN1Cc1cc(CNC)oc1C. The lowest BCUT2D eigenvalue weighted by Gasteiger charge is -2.34. The van der Waals surface area contributed by atoms with E-state index in [4.69, 9.17) is 4.42 Å². The number of hydrogen-bond acceptors (Lipinski definition) is 6. The molecule has 1 saturated heterocycles. The summed E-state index contributed by atoms with van der Waals surface area (Å²) in [5, 5.41) is 2.69. The second-order valence-electron chi connectivity index (χ2n) is 5.28. The quantitative estimate of drug-likeness (QED) is 0.854. The predicted octanol–water partition coefficient (Wildman–Crippen LogP) is 1.62. The van der Waals surface area contributed by atoms with Gasteiger partial charge < -0.3 is 9.73 Å². The molecule has 1 N–H and O–H groups in total. The lowest BCUT2D eigenvalue weighted by Crippen LogP contribution is -2.47. The highest BCUT2D eigenvalue weighted by Crippen LogP contribution is 2.25. The van der Waals surface area contributed by atoms with Gasteiger partial charge >= 0.3 is 0 Å². The Hall–Kier alpha value is -0.500. The van der Waals surface area contributed by atoms with E-state index in [1.807, 2.05) is 20.0 Å². The van der Waals surface area contributed by atoms with E-state index in [1.54, 1.807) is 18.7 Å². The minimum atomic E-state index is -3.04. The molecule has 120 valence electrons. The van der Waals surface area contributed by atoms with Crippen LogP contribution in [-0.2, 0) is 22.9 Å². The van der Waals surface area contributed by atoms with Crippen LogP contribution < -0.4 is 5.32 Å².